The van der Waals surface area contributed by atoms with Gasteiger partial charge in [0.15, 0.2) is 5.69 Å². The highest BCUT2D eigenvalue weighted by molar-refractivity contribution is 5.99. The Morgan fingerprint density at radius 2 is 1.78 bits per heavy atom. The van der Waals surface area contributed by atoms with Gasteiger partial charge in [-0.05, 0) is 62.3 Å². The van der Waals surface area contributed by atoms with Gasteiger partial charge in [0.05, 0.1) is 18.1 Å². The second kappa shape index (κ2) is 12.3. The first kappa shape index (κ1) is 27.5. The minimum Gasteiger partial charge on any atom is -0.476 e. The van der Waals surface area contributed by atoms with Gasteiger partial charge in [-0.2, -0.15) is 0 Å². The van der Waals surface area contributed by atoms with Crippen LogP contribution < -0.4 is 5.32 Å². The van der Waals surface area contributed by atoms with Gasteiger partial charge in [0.25, 0.3) is 0 Å². The first-order valence-electron chi connectivity index (χ1n) is 12.4. The van der Waals surface area contributed by atoms with E-state index in [1.807, 2.05) is 62.4 Å². The highest BCUT2D eigenvalue weighted by Gasteiger charge is 2.33. The number of aromatic carboxylic acids is 1. The van der Waals surface area contributed by atoms with Crippen LogP contribution in [-0.4, -0.2) is 27.0 Å². The van der Waals surface area contributed by atoms with Crippen molar-refractivity contribution >= 4 is 17.6 Å². The Labute approximate surface area is 219 Å². The summed E-state index contributed by atoms with van der Waals surface area (Å²) in [5, 5.41) is 12.0. The van der Waals surface area contributed by atoms with Gasteiger partial charge < -0.3 is 10.4 Å². The van der Waals surface area contributed by atoms with Crippen LogP contribution in [-0.2, 0) is 4.79 Å². The number of hydrogen-bond donors (Lipinski definition) is 2. The van der Waals surface area contributed by atoms with Crippen LogP contribution in [0.25, 0.3) is 0 Å². The second-order valence-electron chi connectivity index (χ2n) is 10.1. The number of para-hydroxylation sites is 1. The number of hydrogen-bond acceptors (Lipinski definition) is 4. The predicted molar refractivity (Wildman–Crippen MR) is 148 cm³/mol. The summed E-state index contributed by atoms with van der Waals surface area (Å²) in [6.07, 6.45) is 16.6. The molecule has 0 saturated heterocycles. The van der Waals surface area contributed by atoms with Gasteiger partial charge in [0.1, 0.15) is 0 Å². The minimum atomic E-state index is -1.07. The normalized spacial score (nSPS) is 18.5. The maximum atomic E-state index is 12.2. The Kier molecular flexibility index (Phi) is 9.12. The lowest BCUT2D eigenvalue weighted by atomic mass is 9.68. The summed E-state index contributed by atoms with van der Waals surface area (Å²) >= 11 is 0. The molecule has 0 fully saturated rings. The standard InChI is InChI=1S/C31H35N3O3/c1-21(10-9-11-22(2)18-29(35)34-24-12-7-6-8-13-24)14-15-26-23(3)25(16-17-31(26,4)5)27-19-33-28(20-32-27)30(36)37/h6-15,18-20,25H,16-17H2,1-5H3,(H,34,35)(H,36,37)/b11-9+,15-14+,21-10+,22-18-. The van der Waals surface area contributed by atoms with E-state index < -0.39 is 5.97 Å². The summed E-state index contributed by atoms with van der Waals surface area (Å²) in [5.74, 6) is -1.12. The van der Waals surface area contributed by atoms with Crippen LogP contribution in [0.2, 0.25) is 0 Å². The lowest BCUT2D eigenvalue weighted by molar-refractivity contribution is -0.111. The van der Waals surface area contributed by atoms with Crippen molar-refractivity contribution in [2.45, 2.75) is 53.4 Å². The number of anilines is 1. The van der Waals surface area contributed by atoms with Crippen molar-refractivity contribution in [1.29, 1.82) is 0 Å². The van der Waals surface area contributed by atoms with Gasteiger partial charge in [-0.3, -0.25) is 9.78 Å². The number of rotatable bonds is 8. The average Bonchev–Trinajstić information content (AvgIpc) is 2.84. The molecule has 1 aromatic heterocycles. The van der Waals surface area contributed by atoms with E-state index >= 15 is 0 Å². The second-order valence-corrected chi connectivity index (χ2v) is 10.1. The summed E-state index contributed by atoms with van der Waals surface area (Å²) in [6.45, 7) is 10.6. The monoisotopic (exact) mass is 497 g/mol. The molecule has 0 spiro atoms. The Morgan fingerprint density at radius 1 is 1.05 bits per heavy atom. The molecule has 1 amide bonds. The molecule has 1 heterocycles. The molecule has 1 unspecified atom stereocenters. The molecule has 1 aliphatic carbocycles. The number of carboxylic acid groups (broad SMARTS) is 1. The van der Waals surface area contributed by atoms with Crippen LogP contribution in [0.15, 0.2) is 101 Å². The molecule has 6 nitrogen and oxygen atoms in total. The summed E-state index contributed by atoms with van der Waals surface area (Å²) in [6, 6.07) is 9.37. The van der Waals surface area contributed by atoms with E-state index in [1.165, 1.54) is 17.3 Å². The number of carbonyl (C=O) groups is 2. The zero-order chi connectivity index (χ0) is 27.0. The van der Waals surface area contributed by atoms with Gasteiger partial charge in [-0.1, -0.05) is 73.6 Å². The van der Waals surface area contributed by atoms with Crippen LogP contribution in [0, 0.1) is 5.41 Å². The van der Waals surface area contributed by atoms with Crippen LogP contribution in [0.1, 0.15) is 69.6 Å². The molecule has 0 saturated carbocycles. The topological polar surface area (TPSA) is 92.2 Å². The zero-order valence-electron chi connectivity index (χ0n) is 22.2. The van der Waals surface area contributed by atoms with Gasteiger partial charge in [0.2, 0.25) is 5.91 Å². The number of carbonyl (C=O) groups excluding carboxylic acids is 1. The van der Waals surface area contributed by atoms with E-state index in [9.17, 15) is 9.59 Å². The third-order valence-electron chi connectivity index (χ3n) is 6.61. The van der Waals surface area contributed by atoms with Crippen molar-refractivity contribution in [3.63, 3.8) is 0 Å². The number of nitrogens with zero attached hydrogens (tertiary/aromatic N) is 2. The molecule has 1 atom stereocenters. The molecule has 37 heavy (non-hydrogen) atoms. The fourth-order valence-corrected chi connectivity index (χ4v) is 4.51. The van der Waals surface area contributed by atoms with E-state index in [2.05, 4.69) is 48.2 Å². The number of benzene rings is 1. The Hall–Kier alpha value is -4.06. The molecule has 1 aromatic carbocycles. The summed E-state index contributed by atoms with van der Waals surface area (Å²) in [7, 11) is 0. The molecule has 1 aliphatic rings. The smallest absolute Gasteiger partial charge is 0.356 e. The predicted octanol–water partition coefficient (Wildman–Crippen LogP) is 7.04. The quantitative estimate of drug-likeness (QED) is 0.301. The van der Waals surface area contributed by atoms with Crippen LogP contribution in [0.5, 0.6) is 0 Å². The third-order valence-corrected chi connectivity index (χ3v) is 6.61. The number of allylic oxidation sites excluding steroid dienone is 9. The molecule has 0 radical (unpaired) electrons. The maximum Gasteiger partial charge on any atom is 0.356 e. The Morgan fingerprint density at radius 3 is 2.43 bits per heavy atom. The maximum absolute atomic E-state index is 12.2. The number of carboxylic acids is 1. The Balaban J connectivity index is 1.70. The molecular weight excluding hydrogens is 462 g/mol. The van der Waals surface area contributed by atoms with E-state index in [0.29, 0.717) is 0 Å². The first-order valence-corrected chi connectivity index (χ1v) is 12.4. The van der Waals surface area contributed by atoms with E-state index in [0.717, 1.165) is 35.4 Å². The van der Waals surface area contributed by atoms with Crippen molar-refractivity contribution in [2.24, 2.45) is 5.41 Å². The van der Waals surface area contributed by atoms with Crippen LogP contribution in [0.4, 0.5) is 5.69 Å². The highest BCUT2D eigenvalue weighted by atomic mass is 16.4. The lowest BCUT2D eigenvalue weighted by Crippen LogP contribution is -2.24. The SMILES string of the molecule is CC1=C(/C=C/C(C)=C/C=C/C(C)=C\C(=O)Nc2ccccc2)C(C)(C)CCC1c1cnc(C(=O)O)cn1. The molecule has 2 N–H and O–H groups in total. The van der Waals surface area contributed by atoms with Crippen LogP contribution >= 0.6 is 0 Å². The number of aromatic nitrogens is 2. The lowest BCUT2D eigenvalue weighted by Gasteiger charge is -2.37. The van der Waals surface area contributed by atoms with Crippen molar-refractivity contribution in [2.75, 3.05) is 5.32 Å². The largest absolute Gasteiger partial charge is 0.476 e. The summed E-state index contributed by atoms with van der Waals surface area (Å²) in [4.78, 5) is 31.7. The Bertz CT molecular complexity index is 1280. The van der Waals surface area contributed by atoms with E-state index in [4.69, 9.17) is 5.11 Å². The van der Waals surface area contributed by atoms with Gasteiger partial charge in [-0.25, -0.2) is 9.78 Å². The molecule has 3 rings (SSSR count). The third kappa shape index (κ3) is 7.71. The molecule has 6 heteroatoms. The summed E-state index contributed by atoms with van der Waals surface area (Å²) in [5.41, 5.74) is 5.98. The fraction of sp³-hybridized carbons (Fsp3) is 0.290. The van der Waals surface area contributed by atoms with Crippen molar-refractivity contribution < 1.29 is 14.7 Å². The number of nitrogens with one attached hydrogen (secondary N) is 1. The number of amides is 1. The molecular formula is C31H35N3O3. The molecule has 0 aliphatic heterocycles. The van der Waals surface area contributed by atoms with Gasteiger partial charge in [-0.15, -0.1) is 0 Å². The van der Waals surface area contributed by atoms with Gasteiger partial charge >= 0.3 is 5.97 Å². The van der Waals surface area contributed by atoms with Crippen molar-refractivity contribution in [3.8, 4) is 0 Å². The summed E-state index contributed by atoms with van der Waals surface area (Å²) < 4.78 is 0. The van der Waals surface area contributed by atoms with E-state index in [-0.39, 0.29) is 22.9 Å². The van der Waals surface area contributed by atoms with Gasteiger partial charge in [0, 0.05) is 17.7 Å². The molecule has 0 bridgehead atoms. The van der Waals surface area contributed by atoms with Crippen LogP contribution in [0.3, 0.4) is 0 Å². The van der Waals surface area contributed by atoms with Crippen molar-refractivity contribution in [3.05, 3.63) is 113 Å². The van der Waals surface area contributed by atoms with Crippen molar-refractivity contribution in [1.82, 2.24) is 9.97 Å². The minimum absolute atomic E-state index is 0.0209. The zero-order valence-corrected chi connectivity index (χ0v) is 22.2. The highest BCUT2D eigenvalue weighted by Crippen LogP contribution is 2.46. The first-order chi connectivity index (χ1) is 17.6. The molecule has 192 valence electrons. The fourth-order valence-electron chi connectivity index (χ4n) is 4.51. The average molecular weight is 498 g/mol. The molecule has 2 aromatic rings. The van der Waals surface area contributed by atoms with E-state index in [1.54, 1.807) is 12.3 Å².